The molecule has 1 aliphatic carbocycles. The van der Waals surface area contributed by atoms with Gasteiger partial charge in [-0.1, -0.05) is 0 Å². The average molecular weight is 215 g/mol. The molecule has 0 aromatic carbocycles. The highest BCUT2D eigenvalue weighted by atomic mass is 16.4. The first-order valence-electron chi connectivity index (χ1n) is 4.61. The van der Waals surface area contributed by atoms with Crippen molar-refractivity contribution in [2.45, 2.75) is 18.9 Å². The van der Waals surface area contributed by atoms with Crippen LogP contribution in [0, 0.1) is 0 Å². The quantitative estimate of drug-likeness (QED) is 0.454. The van der Waals surface area contributed by atoms with Gasteiger partial charge in [-0.25, -0.2) is 4.79 Å². The minimum Gasteiger partial charge on any atom is -0.480 e. The lowest BCUT2D eigenvalue weighted by atomic mass is 10.5. The number of hydrogen-bond donors (Lipinski definition) is 4. The van der Waals surface area contributed by atoms with Crippen LogP contribution in [0.3, 0.4) is 0 Å². The van der Waals surface area contributed by atoms with Gasteiger partial charge >= 0.3 is 12.0 Å². The van der Waals surface area contributed by atoms with Gasteiger partial charge in [-0.3, -0.25) is 9.59 Å². The molecule has 0 unspecified atom stereocenters. The van der Waals surface area contributed by atoms with E-state index in [0.717, 1.165) is 12.8 Å². The maximum absolute atomic E-state index is 11.1. The van der Waals surface area contributed by atoms with Gasteiger partial charge in [0.1, 0.15) is 6.54 Å². The average Bonchev–Trinajstić information content (AvgIpc) is 2.95. The van der Waals surface area contributed by atoms with Gasteiger partial charge in [0.2, 0.25) is 5.91 Å². The van der Waals surface area contributed by atoms with Crippen LogP contribution >= 0.6 is 0 Å². The minimum absolute atomic E-state index is 0.137. The molecule has 0 heterocycles. The summed E-state index contributed by atoms with van der Waals surface area (Å²) in [6.07, 6.45) is 1.97. The summed E-state index contributed by atoms with van der Waals surface area (Å²) >= 11 is 0. The topological polar surface area (TPSA) is 108 Å². The Kier molecular flexibility index (Phi) is 3.90. The van der Waals surface area contributed by atoms with Gasteiger partial charge in [0.25, 0.3) is 0 Å². The molecule has 0 bridgehead atoms. The van der Waals surface area contributed by atoms with Crippen molar-refractivity contribution < 1.29 is 19.5 Å². The highest BCUT2D eigenvalue weighted by Gasteiger charge is 2.23. The molecule has 0 radical (unpaired) electrons. The summed E-state index contributed by atoms with van der Waals surface area (Å²) in [4.78, 5) is 32.0. The SMILES string of the molecule is O=C(O)CNC(=O)NCC(=O)NC1CC1. The third kappa shape index (κ3) is 5.50. The van der Waals surface area contributed by atoms with E-state index in [4.69, 9.17) is 5.11 Å². The smallest absolute Gasteiger partial charge is 0.323 e. The predicted molar refractivity (Wildman–Crippen MR) is 50.2 cm³/mol. The highest BCUT2D eigenvalue weighted by Crippen LogP contribution is 2.17. The molecular formula is C8H13N3O4. The number of urea groups is 1. The van der Waals surface area contributed by atoms with Crippen molar-refractivity contribution in [1.29, 1.82) is 0 Å². The molecule has 7 nitrogen and oxygen atoms in total. The summed E-state index contributed by atoms with van der Waals surface area (Å²) in [5.74, 6) is -1.39. The van der Waals surface area contributed by atoms with Gasteiger partial charge in [-0.15, -0.1) is 0 Å². The van der Waals surface area contributed by atoms with Gasteiger partial charge < -0.3 is 21.1 Å². The Balaban J connectivity index is 2.04. The summed E-state index contributed by atoms with van der Waals surface area (Å²) in [6.45, 7) is -0.599. The standard InChI is InChI=1S/C8H13N3O4/c12-6(11-5-1-2-5)3-9-8(15)10-4-7(13)14/h5H,1-4H2,(H,11,12)(H,13,14)(H2,9,10,15). The van der Waals surface area contributed by atoms with E-state index >= 15 is 0 Å². The zero-order valence-corrected chi connectivity index (χ0v) is 8.08. The van der Waals surface area contributed by atoms with E-state index in [-0.39, 0.29) is 18.5 Å². The Morgan fingerprint density at radius 2 is 1.73 bits per heavy atom. The molecule has 1 aliphatic rings. The van der Waals surface area contributed by atoms with E-state index in [1.807, 2.05) is 0 Å². The first-order valence-corrected chi connectivity index (χ1v) is 4.61. The fourth-order valence-electron chi connectivity index (χ4n) is 0.885. The first kappa shape index (κ1) is 11.3. The second-order valence-corrected chi connectivity index (χ2v) is 3.27. The molecule has 0 atom stereocenters. The monoisotopic (exact) mass is 215 g/mol. The molecule has 15 heavy (non-hydrogen) atoms. The Morgan fingerprint density at radius 1 is 1.13 bits per heavy atom. The number of carbonyl (C=O) groups excluding carboxylic acids is 2. The van der Waals surface area contributed by atoms with Gasteiger partial charge in [0, 0.05) is 6.04 Å². The summed E-state index contributed by atoms with van der Waals surface area (Å²) in [7, 11) is 0. The Hall–Kier alpha value is -1.79. The zero-order valence-electron chi connectivity index (χ0n) is 8.08. The van der Waals surface area contributed by atoms with Crippen LogP contribution in [0.5, 0.6) is 0 Å². The maximum atomic E-state index is 11.1. The third-order valence-electron chi connectivity index (χ3n) is 1.75. The van der Waals surface area contributed by atoms with E-state index in [2.05, 4.69) is 16.0 Å². The van der Waals surface area contributed by atoms with Crippen molar-refractivity contribution in [2.75, 3.05) is 13.1 Å². The Labute approximate surface area is 86.2 Å². The van der Waals surface area contributed by atoms with Crippen molar-refractivity contribution in [1.82, 2.24) is 16.0 Å². The molecular weight excluding hydrogens is 202 g/mol. The number of rotatable bonds is 5. The molecule has 1 rings (SSSR count). The van der Waals surface area contributed by atoms with E-state index in [9.17, 15) is 14.4 Å². The van der Waals surface area contributed by atoms with Crippen LogP contribution in [0.4, 0.5) is 4.79 Å². The van der Waals surface area contributed by atoms with E-state index < -0.39 is 18.5 Å². The van der Waals surface area contributed by atoms with Gasteiger partial charge in [0.05, 0.1) is 6.54 Å². The molecule has 0 saturated heterocycles. The summed E-state index contributed by atoms with van der Waals surface area (Å²) < 4.78 is 0. The number of carboxylic acids is 1. The van der Waals surface area contributed by atoms with E-state index in [1.54, 1.807) is 0 Å². The molecule has 3 amide bonds. The molecule has 4 N–H and O–H groups in total. The van der Waals surface area contributed by atoms with Crippen LogP contribution in [-0.2, 0) is 9.59 Å². The van der Waals surface area contributed by atoms with Crippen molar-refractivity contribution >= 4 is 17.9 Å². The maximum Gasteiger partial charge on any atom is 0.323 e. The summed E-state index contributed by atoms with van der Waals surface area (Å²) in [5.41, 5.74) is 0. The van der Waals surface area contributed by atoms with Crippen molar-refractivity contribution in [3.8, 4) is 0 Å². The largest absolute Gasteiger partial charge is 0.480 e. The lowest BCUT2D eigenvalue weighted by molar-refractivity contribution is -0.135. The number of hydrogen-bond acceptors (Lipinski definition) is 3. The molecule has 0 aromatic rings. The van der Waals surface area contributed by atoms with Crippen molar-refractivity contribution in [3.63, 3.8) is 0 Å². The molecule has 0 aliphatic heterocycles. The minimum atomic E-state index is -1.13. The summed E-state index contributed by atoms with van der Waals surface area (Å²) in [5, 5.41) is 15.2. The predicted octanol–water partition coefficient (Wildman–Crippen LogP) is -1.35. The van der Waals surface area contributed by atoms with Crippen molar-refractivity contribution in [3.05, 3.63) is 0 Å². The molecule has 84 valence electrons. The molecule has 0 aromatic heterocycles. The van der Waals surface area contributed by atoms with Crippen LogP contribution in [0.25, 0.3) is 0 Å². The van der Waals surface area contributed by atoms with Crippen LogP contribution in [0.1, 0.15) is 12.8 Å². The number of aliphatic carboxylic acids is 1. The number of amides is 3. The number of carboxylic acid groups (broad SMARTS) is 1. The van der Waals surface area contributed by atoms with Crippen LogP contribution < -0.4 is 16.0 Å². The van der Waals surface area contributed by atoms with Gasteiger partial charge in [-0.2, -0.15) is 0 Å². The lowest BCUT2D eigenvalue weighted by Crippen LogP contribution is -2.43. The zero-order chi connectivity index (χ0) is 11.3. The molecule has 7 heteroatoms. The third-order valence-corrected chi connectivity index (χ3v) is 1.75. The van der Waals surface area contributed by atoms with E-state index in [1.165, 1.54) is 0 Å². The molecule has 0 spiro atoms. The van der Waals surface area contributed by atoms with Crippen LogP contribution in [0.15, 0.2) is 0 Å². The van der Waals surface area contributed by atoms with Gasteiger partial charge in [0.15, 0.2) is 0 Å². The van der Waals surface area contributed by atoms with Crippen LogP contribution in [-0.4, -0.2) is 42.1 Å². The fourth-order valence-corrected chi connectivity index (χ4v) is 0.885. The Morgan fingerprint density at radius 3 is 2.27 bits per heavy atom. The molecule has 1 saturated carbocycles. The number of nitrogens with one attached hydrogen (secondary N) is 3. The summed E-state index contributed by atoms with van der Waals surface area (Å²) in [6, 6.07) is -0.412. The second kappa shape index (κ2) is 5.18. The fraction of sp³-hybridized carbons (Fsp3) is 0.625. The van der Waals surface area contributed by atoms with Gasteiger partial charge in [-0.05, 0) is 12.8 Å². The van der Waals surface area contributed by atoms with E-state index in [0.29, 0.717) is 0 Å². The normalized spacial score (nSPS) is 14.1. The van der Waals surface area contributed by atoms with Crippen molar-refractivity contribution in [2.24, 2.45) is 0 Å². The number of carbonyl (C=O) groups is 3. The Bertz CT molecular complexity index is 275. The van der Waals surface area contributed by atoms with Crippen LogP contribution in [0.2, 0.25) is 0 Å². The first-order chi connectivity index (χ1) is 7.08. The second-order valence-electron chi connectivity index (χ2n) is 3.27. The highest BCUT2D eigenvalue weighted by molar-refractivity contribution is 5.85. The molecule has 1 fully saturated rings. The lowest BCUT2D eigenvalue weighted by Gasteiger charge is -2.05.